The van der Waals surface area contributed by atoms with Gasteiger partial charge < -0.3 is 0 Å². The second kappa shape index (κ2) is 11.8. The molecule has 0 fully saturated rings. The van der Waals surface area contributed by atoms with Crippen molar-refractivity contribution >= 4 is 46.7 Å². The predicted octanol–water partition coefficient (Wildman–Crippen LogP) is 7.89. The molecule has 5 aromatic rings. The van der Waals surface area contributed by atoms with E-state index in [0.29, 0.717) is 4.58 Å². The zero-order chi connectivity index (χ0) is 23.8. The minimum atomic E-state index is -1.92. The molecule has 0 heterocycles. The molecule has 0 atom stereocenters. The molecule has 0 unspecified atom stereocenters. The van der Waals surface area contributed by atoms with E-state index in [0.717, 1.165) is 6.16 Å². The van der Waals surface area contributed by atoms with Crippen LogP contribution in [0.4, 0.5) is 0 Å². The summed E-state index contributed by atoms with van der Waals surface area (Å²) in [5.41, 5.74) is 0. The van der Waals surface area contributed by atoms with E-state index in [4.69, 9.17) is 0 Å². The van der Waals surface area contributed by atoms with Crippen LogP contribution in [-0.2, 0) is 0 Å². The molecule has 0 aliphatic heterocycles. The molecule has 0 amide bonds. The Morgan fingerprint density at radius 2 is 0.686 bits per heavy atom. The van der Waals surface area contributed by atoms with Gasteiger partial charge in [-0.2, -0.15) is 0 Å². The Kier molecular flexibility index (Phi) is 8.06. The van der Waals surface area contributed by atoms with Gasteiger partial charge in [0, 0.05) is 9.79 Å². The van der Waals surface area contributed by atoms with Crippen LogP contribution in [0.25, 0.3) is 0 Å². The summed E-state index contributed by atoms with van der Waals surface area (Å²) in [6.07, 6.45) is 1.06. The molecule has 0 aliphatic rings. The highest BCUT2D eigenvalue weighted by Gasteiger charge is 2.47. The zero-order valence-corrected chi connectivity index (χ0v) is 22.0. The van der Waals surface area contributed by atoms with E-state index in [9.17, 15) is 0 Å². The molecule has 0 saturated heterocycles. The lowest BCUT2D eigenvalue weighted by molar-refractivity contribution is 1.35. The van der Waals surface area contributed by atoms with Crippen LogP contribution in [0, 0.1) is 0 Å². The molecule has 0 radical (unpaired) electrons. The van der Waals surface area contributed by atoms with E-state index in [1.54, 1.807) is 0 Å². The van der Waals surface area contributed by atoms with E-state index in [2.05, 4.69) is 152 Å². The first-order valence-corrected chi connectivity index (χ1v) is 15.6. The Morgan fingerprint density at radius 1 is 0.400 bits per heavy atom. The lowest BCUT2D eigenvalue weighted by Crippen LogP contribution is -2.35. The minimum Gasteiger partial charge on any atom is -0.107 e. The van der Waals surface area contributed by atoms with Gasteiger partial charge in [0.2, 0.25) is 0 Å². The summed E-state index contributed by atoms with van der Waals surface area (Å²) < 4.78 is 0.341. The third-order valence-corrected chi connectivity index (χ3v) is 13.5. The van der Waals surface area contributed by atoms with Crippen molar-refractivity contribution in [2.75, 3.05) is 6.16 Å². The Bertz CT molecular complexity index is 1160. The van der Waals surface area contributed by atoms with Crippen molar-refractivity contribution in [1.29, 1.82) is 0 Å². The molecular weight excluding hydrogens is 479 g/mol. The molecule has 0 aromatic heterocycles. The molecule has 172 valence electrons. The molecule has 5 aromatic carbocycles. The molecule has 0 spiro atoms. The fraction of sp³-hybridized carbons (Fsp3) is 0.0625. The fourth-order valence-electron chi connectivity index (χ4n) is 4.43. The van der Waals surface area contributed by atoms with Crippen molar-refractivity contribution in [2.24, 2.45) is 0 Å². The highest BCUT2D eigenvalue weighted by Crippen LogP contribution is 2.59. The zero-order valence-electron chi connectivity index (χ0n) is 19.5. The smallest absolute Gasteiger partial charge is 0.107 e. The summed E-state index contributed by atoms with van der Waals surface area (Å²) in [6, 6.07) is 55.3. The maximum atomic E-state index is 2.34. The van der Waals surface area contributed by atoms with Crippen LogP contribution in [0.2, 0.25) is 0 Å². The summed E-state index contributed by atoms with van der Waals surface area (Å²) in [5, 5.41) is 4.30. The second-order valence-corrected chi connectivity index (χ2v) is 14.7. The quantitative estimate of drug-likeness (QED) is 0.113. The van der Waals surface area contributed by atoms with E-state index in [-0.39, 0.29) is 0 Å². The van der Waals surface area contributed by atoms with Crippen LogP contribution in [0.5, 0.6) is 0 Å². The van der Waals surface area contributed by atoms with Crippen LogP contribution in [-0.4, -0.2) is 10.7 Å². The van der Waals surface area contributed by atoms with Crippen LogP contribution in [0.3, 0.4) is 0 Å². The Morgan fingerprint density at radius 3 is 1.00 bits per heavy atom. The minimum absolute atomic E-state index is 0.341. The molecule has 3 heteroatoms. The Labute approximate surface area is 218 Å². The first-order valence-electron chi connectivity index (χ1n) is 11.8. The van der Waals surface area contributed by atoms with Gasteiger partial charge in [0.15, 0.2) is 0 Å². The van der Waals surface area contributed by atoms with Crippen molar-refractivity contribution < 1.29 is 0 Å². The van der Waals surface area contributed by atoms with Crippen molar-refractivity contribution in [3.8, 4) is 0 Å². The van der Waals surface area contributed by atoms with Crippen molar-refractivity contribution in [1.82, 2.24) is 0 Å². The van der Waals surface area contributed by atoms with E-state index >= 15 is 0 Å². The average Bonchev–Trinajstić information content (AvgIpc) is 2.94. The van der Waals surface area contributed by atoms with Crippen LogP contribution in [0.15, 0.2) is 161 Å². The SMILES string of the molecule is c1ccc(SC(C[P+](c2ccccc2)(c2ccccc2)c2ccccc2)Sc2ccccc2)cc1. The monoisotopic (exact) mass is 507 g/mol. The summed E-state index contributed by atoms with van der Waals surface area (Å²) >= 11 is 3.97. The third-order valence-electron chi connectivity index (χ3n) is 6.04. The van der Waals surface area contributed by atoms with Crippen molar-refractivity contribution in [3.05, 3.63) is 152 Å². The summed E-state index contributed by atoms with van der Waals surface area (Å²) in [7, 11) is -1.92. The lowest BCUT2D eigenvalue weighted by Gasteiger charge is -2.31. The maximum absolute atomic E-state index is 2.34. The molecule has 0 N–H and O–H groups in total. The standard InChI is InChI=1S/C32H28PS2/c1-6-16-27(17-7-1)33(28-18-8-2-9-19-28,29-20-10-3-11-21-29)26-32(34-30-22-12-4-13-23-30)35-31-24-14-5-15-25-31/h1-25,32H,26H2/q+1. The van der Waals surface area contributed by atoms with Gasteiger partial charge in [-0.05, 0) is 60.7 Å². The molecule has 0 nitrogen and oxygen atoms in total. The topological polar surface area (TPSA) is 0 Å². The first-order chi connectivity index (χ1) is 17.3. The van der Waals surface area contributed by atoms with Gasteiger partial charge >= 0.3 is 0 Å². The molecule has 5 rings (SSSR count). The Hall–Kier alpha value is -2.77. The number of hydrogen-bond acceptors (Lipinski definition) is 2. The van der Waals surface area contributed by atoms with Crippen molar-refractivity contribution in [2.45, 2.75) is 14.4 Å². The Balaban J connectivity index is 1.66. The number of benzene rings is 5. The highest BCUT2D eigenvalue weighted by molar-refractivity contribution is 8.18. The van der Waals surface area contributed by atoms with Gasteiger partial charge in [0.25, 0.3) is 0 Å². The van der Waals surface area contributed by atoms with E-state index in [1.807, 2.05) is 23.5 Å². The number of rotatable bonds is 9. The summed E-state index contributed by atoms with van der Waals surface area (Å²) in [6.45, 7) is 0. The molecule has 0 bridgehead atoms. The summed E-state index contributed by atoms with van der Waals surface area (Å²) in [5.74, 6) is 0. The molecule has 35 heavy (non-hydrogen) atoms. The van der Waals surface area contributed by atoms with Gasteiger partial charge in [0.1, 0.15) is 23.2 Å². The van der Waals surface area contributed by atoms with Gasteiger partial charge in [0.05, 0.1) is 10.7 Å². The second-order valence-electron chi connectivity index (χ2n) is 8.29. The van der Waals surface area contributed by atoms with Gasteiger partial charge in [-0.15, -0.1) is 23.5 Å². The normalized spacial score (nSPS) is 11.5. The van der Waals surface area contributed by atoms with Gasteiger partial charge in [-0.1, -0.05) is 91.0 Å². The van der Waals surface area contributed by atoms with Crippen molar-refractivity contribution in [3.63, 3.8) is 0 Å². The highest BCUT2D eigenvalue weighted by atomic mass is 32.2. The van der Waals surface area contributed by atoms with Gasteiger partial charge in [-0.3, -0.25) is 0 Å². The molecule has 0 saturated carbocycles. The fourth-order valence-corrected chi connectivity index (χ4v) is 12.5. The van der Waals surface area contributed by atoms with Crippen LogP contribution >= 0.6 is 30.8 Å². The first kappa shape index (κ1) is 23.9. The average molecular weight is 508 g/mol. The van der Waals surface area contributed by atoms with Crippen LogP contribution in [0.1, 0.15) is 0 Å². The van der Waals surface area contributed by atoms with E-state index in [1.165, 1.54) is 25.7 Å². The van der Waals surface area contributed by atoms with E-state index < -0.39 is 7.26 Å². The third kappa shape index (κ3) is 5.73. The number of thioether (sulfide) groups is 2. The molecule has 0 aliphatic carbocycles. The van der Waals surface area contributed by atoms with Gasteiger partial charge in [-0.25, -0.2) is 0 Å². The number of hydrogen-bond donors (Lipinski definition) is 0. The molecular formula is C32H28PS2+. The largest absolute Gasteiger partial charge is 0.114 e. The summed E-state index contributed by atoms with van der Waals surface area (Å²) in [4.78, 5) is 2.63. The van der Waals surface area contributed by atoms with Crippen LogP contribution < -0.4 is 15.9 Å². The maximum Gasteiger partial charge on any atom is 0.114 e. The predicted molar refractivity (Wildman–Crippen MR) is 158 cm³/mol. The lowest BCUT2D eigenvalue weighted by atomic mass is 10.4.